The normalized spacial score (nSPS) is 24.1. The molecule has 1 amide bonds. The molecule has 2 fully saturated rings. The second-order valence-electron chi connectivity index (χ2n) is 9.46. The minimum absolute atomic E-state index is 0.149. The van der Waals surface area contributed by atoms with Gasteiger partial charge < -0.3 is 24.0 Å². The smallest absolute Gasteiger partial charge is 0.432 e. The molecule has 0 radical (unpaired) electrons. The Morgan fingerprint density at radius 3 is 2.33 bits per heavy atom. The molecule has 0 unspecified atom stereocenters. The Kier molecular flexibility index (Phi) is 7.16. The molecule has 2 saturated heterocycles. The summed E-state index contributed by atoms with van der Waals surface area (Å²) in [4.78, 5) is 29.7. The van der Waals surface area contributed by atoms with Crippen LogP contribution in [0.4, 0.5) is 18.9 Å². The number of nitrogens with zero attached hydrogens (tertiary/aromatic N) is 2. The van der Waals surface area contributed by atoms with Crippen LogP contribution in [0.15, 0.2) is 24.3 Å². The Morgan fingerprint density at radius 2 is 1.85 bits per heavy atom. The molecular weight excluding hydrogens is 441 g/mol. The maximum absolute atomic E-state index is 13.5. The molecule has 0 aliphatic carbocycles. The summed E-state index contributed by atoms with van der Waals surface area (Å²) in [6.07, 6.45) is -5.19. The van der Waals surface area contributed by atoms with Crippen molar-refractivity contribution in [2.24, 2.45) is 11.8 Å². The molecular formula is C23H31F3N2O5. The van der Waals surface area contributed by atoms with Crippen molar-refractivity contribution in [2.75, 3.05) is 24.5 Å². The molecule has 3 atom stereocenters. The van der Waals surface area contributed by atoms with Crippen LogP contribution in [-0.2, 0) is 19.1 Å². The molecule has 2 aliphatic rings. The summed E-state index contributed by atoms with van der Waals surface area (Å²) in [6.45, 7) is 10.6. The van der Waals surface area contributed by atoms with Crippen molar-refractivity contribution < 1.29 is 37.0 Å². The monoisotopic (exact) mass is 472 g/mol. The largest absolute Gasteiger partial charge is 0.573 e. The molecule has 0 saturated carbocycles. The number of benzene rings is 1. The Bertz CT molecular complexity index is 857. The average molecular weight is 473 g/mol. The number of anilines is 1. The first-order chi connectivity index (χ1) is 15.3. The van der Waals surface area contributed by atoms with Crippen molar-refractivity contribution >= 4 is 17.6 Å². The van der Waals surface area contributed by atoms with E-state index in [1.807, 2.05) is 25.7 Å². The zero-order valence-electron chi connectivity index (χ0n) is 19.5. The van der Waals surface area contributed by atoms with Crippen molar-refractivity contribution in [1.29, 1.82) is 0 Å². The standard InChI is InChI=1S/C23H31F3N2O5/c1-14(2)12-18(19-21(30)33-22(4,5)32-19)20(29)28-11-10-27(13-15(28)3)16-6-8-17(9-7-16)31-23(24,25)26/h6-9,14-15,18-19H,10-13H2,1-5H3/t15-,18+,19+/m1/s1. The van der Waals surface area contributed by atoms with E-state index >= 15 is 0 Å². The van der Waals surface area contributed by atoms with Gasteiger partial charge in [0.05, 0.1) is 5.92 Å². The van der Waals surface area contributed by atoms with E-state index in [1.54, 1.807) is 30.9 Å². The van der Waals surface area contributed by atoms with Crippen LogP contribution in [0.2, 0.25) is 0 Å². The maximum atomic E-state index is 13.5. The summed E-state index contributed by atoms with van der Waals surface area (Å²) in [5.41, 5.74) is 0.742. The zero-order chi connectivity index (χ0) is 24.6. The van der Waals surface area contributed by atoms with E-state index in [1.165, 1.54) is 12.1 Å². The van der Waals surface area contributed by atoms with Gasteiger partial charge in [-0.05, 0) is 43.5 Å². The van der Waals surface area contributed by atoms with Gasteiger partial charge in [-0.1, -0.05) is 13.8 Å². The van der Waals surface area contributed by atoms with E-state index in [2.05, 4.69) is 4.74 Å². The minimum Gasteiger partial charge on any atom is -0.432 e. The van der Waals surface area contributed by atoms with E-state index in [0.29, 0.717) is 26.1 Å². The summed E-state index contributed by atoms with van der Waals surface area (Å²) in [7, 11) is 0. The van der Waals surface area contributed by atoms with Crippen LogP contribution in [-0.4, -0.2) is 60.7 Å². The number of halogens is 3. The van der Waals surface area contributed by atoms with Gasteiger partial charge in [0.25, 0.3) is 0 Å². The third-order valence-corrected chi connectivity index (χ3v) is 5.74. The third-order valence-electron chi connectivity index (χ3n) is 5.74. The Labute approximate surface area is 191 Å². The van der Waals surface area contributed by atoms with Crippen molar-refractivity contribution in [3.05, 3.63) is 24.3 Å². The SMILES string of the molecule is CC(C)C[C@H](C(=O)N1CCN(c2ccc(OC(F)(F)F)cc2)C[C@H]1C)[C@@H]1OC(C)(C)OC1=O. The van der Waals surface area contributed by atoms with Crippen LogP contribution < -0.4 is 9.64 Å². The molecule has 0 bridgehead atoms. The molecule has 3 rings (SSSR count). The number of carbonyl (C=O) groups is 2. The average Bonchev–Trinajstić information content (AvgIpc) is 2.97. The Hall–Kier alpha value is -2.49. The lowest BCUT2D eigenvalue weighted by Gasteiger charge is -2.42. The van der Waals surface area contributed by atoms with E-state index < -0.39 is 30.1 Å². The van der Waals surface area contributed by atoms with Crippen LogP contribution in [0.3, 0.4) is 0 Å². The van der Waals surface area contributed by atoms with Crippen LogP contribution in [0.25, 0.3) is 0 Å². The molecule has 2 heterocycles. The predicted octanol–water partition coefficient (Wildman–Crippen LogP) is 3.96. The van der Waals surface area contributed by atoms with Gasteiger partial charge in [0.15, 0.2) is 6.10 Å². The third kappa shape index (κ3) is 6.31. The van der Waals surface area contributed by atoms with Gasteiger partial charge in [-0.25, -0.2) is 4.79 Å². The van der Waals surface area contributed by atoms with Gasteiger partial charge in [-0.3, -0.25) is 4.79 Å². The fraction of sp³-hybridized carbons (Fsp3) is 0.652. The summed E-state index contributed by atoms with van der Waals surface area (Å²) in [5, 5.41) is 0. The van der Waals surface area contributed by atoms with Crippen molar-refractivity contribution in [1.82, 2.24) is 4.90 Å². The maximum Gasteiger partial charge on any atom is 0.573 e. The first kappa shape index (κ1) is 25.1. The lowest BCUT2D eigenvalue weighted by molar-refractivity contribution is -0.274. The molecule has 1 aromatic rings. The first-order valence-corrected chi connectivity index (χ1v) is 11.1. The van der Waals surface area contributed by atoms with Gasteiger partial charge in [0, 0.05) is 45.2 Å². The number of cyclic esters (lactones) is 1. The number of alkyl halides is 3. The van der Waals surface area contributed by atoms with E-state index in [9.17, 15) is 22.8 Å². The minimum atomic E-state index is -4.74. The molecule has 10 heteroatoms. The molecule has 2 aliphatic heterocycles. The highest BCUT2D eigenvalue weighted by molar-refractivity contribution is 5.88. The molecule has 1 aromatic carbocycles. The van der Waals surface area contributed by atoms with Crippen LogP contribution in [0, 0.1) is 11.8 Å². The highest BCUT2D eigenvalue weighted by atomic mass is 19.4. The molecule has 0 spiro atoms. The van der Waals surface area contributed by atoms with E-state index in [4.69, 9.17) is 9.47 Å². The lowest BCUT2D eigenvalue weighted by Crippen LogP contribution is -2.57. The van der Waals surface area contributed by atoms with Gasteiger partial charge >= 0.3 is 12.3 Å². The molecule has 0 N–H and O–H groups in total. The summed E-state index contributed by atoms with van der Waals surface area (Å²) in [5.74, 6) is -2.49. The lowest BCUT2D eigenvalue weighted by atomic mass is 9.90. The number of hydrogen-bond donors (Lipinski definition) is 0. The summed E-state index contributed by atoms with van der Waals surface area (Å²) >= 11 is 0. The van der Waals surface area contributed by atoms with Gasteiger partial charge in [0.2, 0.25) is 11.7 Å². The number of hydrogen-bond acceptors (Lipinski definition) is 6. The van der Waals surface area contributed by atoms with Crippen LogP contribution in [0.1, 0.15) is 41.0 Å². The van der Waals surface area contributed by atoms with Gasteiger partial charge in [0.1, 0.15) is 5.75 Å². The quantitative estimate of drug-likeness (QED) is 0.584. The molecule has 184 valence electrons. The van der Waals surface area contributed by atoms with Crippen molar-refractivity contribution in [3.63, 3.8) is 0 Å². The van der Waals surface area contributed by atoms with E-state index in [-0.39, 0.29) is 23.6 Å². The zero-order valence-corrected chi connectivity index (χ0v) is 19.5. The number of amides is 1. The molecule has 0 aromatic heterocycles. The molecule has 7 nitrogen and oxygen atoms in total. The number of carbonyl (C=O) groups excluding carboxylic acids is 2. The van der Waals surface area contributed by atoms with Crippen LogP contribution >= 0.6 is 0 Å². The topological polar surface area (TPSA) is 68.3 Å². The first-order valence-electron chi connectivity index (χ1n) is 11.1. The fourth-order valence-electron chi connectivity index (χ4n) is 4.38. The predicted molar refractivity (Wildman–Crippen MR) is 115 cm³/mol. The molecule has 33 heavy (non-hydrogen) atoms. The second-order valence-corrected chi connectivity index (χ2v) is 9.46. The van der Waals surface area contributed by atoms with Gasteiger partial charge in [-0.15, -0.1) is 13.2 Å². The number of esters is 1. The number of piperazine rings is 1. The number of rotatable bonds is 6. The Balaban J connectivity index is 1.68. The summed E-state index contributed by atoms with van der Waals surface area (Å²) < 4.78 is 52.1. The van der Waals surface area contributed by atoms with Crippen molar-refractivity contribution in [2.45, 2.75) is 65.3 Å². The van der Waals surface area contributed by atoms with Gasteiger partial charge in [-0.2, -0.15) is 0 Å². The fourth-order valence-corrected chi connectivity index (χ4v) is 4.38. The summed E-state index contributed by atoms with van der Waals surface area (Å²) in [6, 6.07) is 5.51. The number of ether oxygens (including phenoxy) is 3. The van der Waals surface area contributed by atoms with Crippen LogP contribution in [0.5, 0.6) is 5.75 Å². The van der Waals surface area contributed by atoms with E-state index in [0.717, 1.165) is 5.69 Å². The Morgan fingerprint density at radius 1 is 1.21 bits per heavy atom. The second kappa shape index (κ2) is 9.40. The van der Waals surface area contributed by atoms with Crippen molar-refractivity contribution in [3.8, 4) is 5.75 Å². The highest BCUT2D eigenvalue weighted by Gasteiger charge is 2.49. The highest BCUT2D eigenvalue weighted by Crippen LogP contribution is 2.33.